The van der Waals surface area contributed by atoms with Crippen LogP contribution in [0.3, 0.4) is 0 Å². The molecule has 2 saturated carbocycles. The second kappa shape index (κ2) is 15.2. The van der Waals surface area contributed by atoms with Gasteiger partial charge in [0.15, 0.2) is 0 Å². The average Bonchev–Trinajstić information content (AvgIpc) is 3.48. The summed E-state index contributed by atoms with van der Waals surface area (Å²) in [6.07, 6.45) is 16.8. The molecule has 1 N–H and O–H groups in total. The number of esters is 1. The molecule has 0 bridgehead atoms. The summed E-state index contributed by atoms with van der Waals surface area (Å²) in [5.41, 5.74) is 3.20. The minimum Gasteiger partial charge on any atom is -0.456 e. The lowest BCUT2D eigenvalue weighted by Gasteiger charge is -2.60. The molecule has 7 nitrogen and oxygen atoms in total. The molecule has 0 radical (unpaired) electrons. The van der Waals surface area contributed by atoms with Crippen LogP contribution in [0.4, 0.5) is 4.39 Å². The lowest BCUT2D eigenvalue weighted by molar-refractivity contribution is -0.177. The molecule has 0 aliphatic heterocycles. The highest BCUT2D eigenvalue weighted by molar-refractivity contribution is 5.87. The number of allylic oxidation sites excluding steroid dienone is 5. The van der Waals surface area contributed by atoms with E-state index in [1.807, 2.05) is 13.0 Å². The number of aromatic nitrogens is 3. The van der Waals surface area contributed by atoms with Gasteiger partial charge in [-0.05, 0) is 121 Å². The van der Waals surface area contributed by atoms with Crippen molar-refractivity contribution in [3.8, 4) is 5.69 Å². The highest BCUT2D eigenvalue weighted by Crippen LogP contribution is 2.62. The molecule has 1 aromatic heterocycles. The Morgan fingerprint density at radius 2 is 1.72 bits per heavy atom. The minimum absolute atomic E-state index is 0.00980. The van der Waals surface area contributed by atoms with Crippen LogP contribution in [0.2, 0.25) is 0 Å². The number of hydrogen-bond donors (Lipinski definition) is 1. The van der Waals surface area contributed by atoms with Crippen LogP contribution in [-0.2, 0) is 20.9 Å². The molecule has 2 aliphatic rings. The van der Waals surface area contributed by atoms with Gasteiger partial charge in [0, 0.05) is 17.4 Å². The highest BCUT2D eigenvalue weighted by atomic mass is 19.1. The third-order valence-corrected chi connectivity index (χ3v) is 11.0. The number of Topliss-reactive ketones (excluding diaryl/α,β-unsaturated/α-hetero) is 1. The molecular formula is C39H54FN3O4. The molecule has 0 amide bonds. The maximum Gasteiger partial charge on any atom is 0.333 e. The van der Waals surface area contributed by atoms with Crippen molar-refractivity contribution in [1.29, 1.82) is 0 Å². The van der Waals surface area contributed by atoms with E-state index in [9.17, 15) is 19.1 Å². The summed E-state index contributed by atoms with van der Waals surface area (Å²) in [6.45, 7) is 14.6. The first-order valence-electron chi connectivity index (χ1n) is 17.2. The first kappa shape index (κ1) is 36.4. The number of benzene rings is 1. The number of halogens is 1. The number of ketones is 1. The second-order valence-corrected chi connectivity index (χ2v) is 15.0. The third kappa shape index (κ3) is 8.95. The van der Waals surface area contributed by atoms with Gasteiger partial charge in [0.2, 0.25) is 0 Å². The molecule has 4 atom stereocenters. The maximum atomic E-state index is 13.5. The summed E-state index contributed by atoms with van der Waals surface area (Å²) < 4.78 is 20.3. The Morgan fingerprint density at radius 1 is 1.04 bits per heavy atom. The highest BCUT2D eigenvalue weighted by Gasteiger charge is 2.59. The van der Waals surface area contributed by atoms with Gasteiger partial charge < -0.3 is 9.84 Å². The molecule has 0 unspecified atom stereocenters. The Bertz CT molecular complexity index is 1520. The Labute approximate surface area is 280 Å². The Kier molecular flexibility index (Phi) is 11.8. The van der Waals surface area contributed by atoms with Crippen molar-refractivity contribution in [2.45, 2.75) is 125 Å². The predicted octanol–water partition coefficient (Wildman–Crippen LogP) is 8.80. The molecule has 2 aliphatic carbocycles. The topological polar surface area (TPSA) is 94.3 Å². The molecule has 2 aromatic rings. The summed E-state index contributed by atoms with van der Waals surface area (Å²) in [5.74, 6) is 0.132. The van der Waals surface area contributed by atoms with Crippen molar-refractivity contribution in [3.05, 3.63) is 76.9 Å². The standard InChI is InChI=1S/C39H54FN3O4/c1-27(14-9-16-29(3)36(45)47-26-31-25-43(42-41-31)32-18-11-17-30(40)24-32)12-8-13-28(2)15-10-19-34-38(6)22-21-35(44)37(4,5)33(38)20-23-39(34,7)46/h11-12,15-18,24-25,33-34,46H,8-10,13-14,19-23,26H2,1-7H3/b27-12+,28-15+,29-16+/t33-,34-,38+,39-/m1/s1. The summed E-state index contributed by atoms with van der Waals surface area (Å²) in [7, 11) is 0. The minimum atomic E-state index is -0.695. The zero-order valence-electron chi connectivity index (χ0n) is 29.4. The number of hydrogen-bond acceptors (Lipinski definition) is 6. The van der Waals surface area contributed by atoms with Gasteiger partial charge in [-0.15, -0.1) is 5.10 Å². The molecule has 4 rings (SSSR count). The van der Waals surface area contributed by atoms with Gasteiger partial charge in [0.05, 0.1) is 17.5 Å². The van der Waals surface area contributed by atoms with Gasteiger partial charge >= 0.3 is 5.97 Å². The van der Waals surface area contributed by atoms with Gasteiger partial charge in [-0.1, -0.05) is 61.4 Å². The monoisotopic (exact) mass is 647 g/mol. The molecule has 1 aromatic carbocycles. The largest absolute Gasteiger partial charge is 0.456 e. The molecule has 47 heavy (non-hydrogen) atoms. The van der Waals surface area contributed by atoms with E-state index >= 15 is 0 Å². The molecular weight excluding hydrogens is 593 g/mol. The lowest BCUT2D eigenvalue weighted by Crippen LogP contribution is -2.59. The fourth-order valence-corrected chi connectivity index (χ4v) is 8.18. The fraction of sp³-hybridized carbons (Fsp3) is 0.590. The number of carbonyl (C=O) groups is 2. The molecule has 256 valence electrons. The number of ether oxygens (including phenoxy) is 1. The van der Waals surface area contributed by atoms with Gasteiger partial charge in [0.25, 0.3) is 0 Å². The zero-order valence-corrected chi connectivity index (χ0v) is 29.4. The number of nitrogens with zero attached hydrogens (tertiary/aromatic N) is 3. The fourth-order valence-electron chi connectivity index (χ4n) is 8.18. The quantitative estimate of drug-likeness (QED) is 0.133. The summed E-state index contributed by atoms with van der Waals surface area (Å²) in [6, 6.07) is 6.03. The Morgan fingerprint density at radius 3 is 2.43 bits per heavy atom. The molecule has 0 spiro atoms. The summed E-state index contributed by atoms with van der Waals surface area (Å²) in [4.78, 5) is 25.2. The van der Waals surface area contributed by atoms with Gasteiger partial charge in [-0.25, -0.2) is 13.9 Å². The first-order chi connectivity index (χ1) is 22.1. The normalized spacial score (nSPS) is 26.7. The number of fused-ring (bicyclic) bond motifs is 1. The van der Waals surface area contributed by atoms with Crippen LogP contribution in [0.1, 0.15) is 118 Å². The van der Waals surface area contributed by atoms with Crippen molar-refractivity contribution in [1.82, 2.24) is 15.0 Å². The van der Waals surface area contributed by atoms with Crippen LogP contribution in [-0.4, -0.2) is 37.5 Å². The zero-order chi connectivity index (χ0) is 34.4. The average molecular weight is 648 g/mol. The molecule has 1 heterocycles. The van der Waals surface area contributed by atoms with E-state index in [0.29, 0.717) is 35.1 Å². The molecule has 8 heteroatoms. The predicted molar refractivity (Wildman–Crippen MR) is 183 cm³/mol. The SMILES string of the molecule is C/C(=C\CC/C(C)=C/CC[C@@H]1[C@@]2(C)CCC(=O)C(C)(C)[C@H]2CC[C@@]1(C)O)CC/C=C(\C)C(=O)OCc1cn(-c2cccc(F)c2)nn1. The van der Waals surface area contributed by atoms with Crippen molar-refractivity contribution < 1.29 is 23.8 Å². The lowest BCUT2D eigenvalue weighted by atomic mass is 9.45. The van der Waals surface area contributed by atoms with Gasteiger partial charge in [-0.2, -0.15) is 0 Å². The van der Waals surface area contributed by atoms with Crippen molar-refractivity contribution in [3.63, 3.8) is 0 Å². The summed E-state index contributed by atoms with van der Waals surface area (Å²) >= 11 is 0. The number of carbonyl (C=O) groups excluding carboxylic acids is 2. The number of aliphatic hydroxyl groups is 1. The van der Waals surface area contributed by atoms with E-state index in [0.717, 1.165) is 57.8 Å². The van der Waals surface area contributed by atoms with E-state index in [1.54, 1.807) is 25.3 Å². The van der Waals surface area contributed by atoms with E-state index in [4.69, 9.17) is 4.74 Å². The first-order valence-corrected chi connectivity index (χ1v) is 17.2. The van der Waals surface area contributed by atoms with Crippen molar-refractivity contribution in [2.75, 3.05) is 0 Å². The van der Waals surface area contributed by atoms with Gasteiger partial charge in [-0.3, -0.25) is 4.79 Å². The second-order valence-electron chi connectivity index (χ2n) is 15.0. The van der Waals surface area contributed by atoms with Crippen molar-refractivity contribution >= 4 is 11.8 Å². The smallest absolute Gasteiger partial charge is 0.333 e. The summed E-state index contributed by atoms with van der Waals surface area (Å²) in [5, 5.41) is 19.4. The van der Waals surface area contributed by atoms with Crippen molar-refractivity contribution in [2.24, 2.45) is 22.7 Å². The Hall–Kier alpha value is -3.39. The molecule has 0 saturated heterocycles. The van der Waals surface area contributed by atoms with Crippen LogP contribution in [0.15, 0.2) is 65.4 Å². The third-order valence-electron chi connectivity index (χ3n) is 11.0. The number of rotatable bonds is 13. The maximum absolute atomic E-state index is 13.5. The van der Waals surface area contributed by atoms with E-state index in [1.165, 1.54) is 28.0 Å². The van der Waals surface area contributed by atoms with E-state index < -0.39 is 11.6 Å². The van der Waals surface area contributed by atoms with Crippen LogP contribution in [0, 0.1) is 28.5 Å². The van der Waals surface area contributed by atoms with Gasteiger partial charge in [0.1, 0.15) is 23.9 Å². The van der Waals surface area contributed by atoms with Crippen LogP contribution in [0.5, 0.6) is 0 Å². The Balaban J connectivity index is 1.18. The van der Waals surface area contributed by atoms with E-state index in [-0.39, 0.29) is 29.2 Å². The van der Waals surface area contributed by atoms with Crippen LogP contribution < -0.4 is 0 Å². The van der Waals surface area contributed by atoms with Crippen LogP contribution in [0.25, 0.3) is 5.69 Å². The molecule has 2 fully saturated rings. The van der Waals surface area contributed by atoms with Crippen LogP contribution >= 0.6 is 0 Å². The van der Waals surface area contributed by atoms with E-state index in [2.05, 4.69) is 57.1 Å².